The molecule has 0 fully saturated rings. The standard InChI is InChI=1S/C17H11BrN2O4/c1-10-2-5-12(9-15(10)20(22)23)16-19-14(17(21)24-16)8-11-3-6-13(18)7-4-11/h2-9H,1H3/b14-8-. The highest BCUT2D eigenvalue weighted by Gasteiger charge is 2.25. The van der Waals surface area contributed by atoms with Crippen LogP contribution >= 0.6 is 15.9 Å². The third-order valence-corrected chi connectivity index (χ3v) is 3.98. The summed E-state index contributed by atoms with van der Waals surface area (Å²) in [6, 6.07) is 11.9. The Bertz CT molecular complexity index is 901. The summed E-state index contributed by atoms with van der Waals surface area (Å²) in [4.78, 5) is 26.7. The Kier molecular flexibility index (Phi) is 4.26. The number of esters is 1. The zero-order chi connectivity index (χ0) is 17.3. The number of nitrogens with zero attached hydrogens (tertiary/aromatic N) is 2. The lowest BCUT2D eigenvalue weighted by atomic mass is 10.1. The van der Waals surface area contributed by atoms with Crippen molar-refractivity contribution in [2.75, 3.05) is 0 Å². The lowest BCUT2D eigenvalue weighted by Gasteiger charge is -2.01. The monoisotopic (exact) mass is 386 g/mol. The van der Waals surface area contributed by atoms with Crippen molar-refractivity contribution in [2.45, 2.75) is 6.92 Å². The van der Waals surface area contributed by atoms with Gasteiger partial charge in [0.2, 0.25) is 5.90 Å². The molecule has 6 nitrogen and oxygen atoms in total. The Balaban J connectivity index is 1.96. The number of hydrogen-bond acceptors (Lipinski definition) is 5. The highest BCUT2D eigenvalue weighted by atomic mass is 79.9. The number of rotatable bonds is 3. The van der Waals surface area contributed by atoms with E-state index in [0.717, 1.165) is 10.0 Å². The molecule has 0 aliphatic carbocycles. The van der Waals surface area contributed by atoms with Crippen LogP contribution in [0.4, 0.5) is 5.69 Å². The second-order valence-electron chi connectivity index (χ2n) is 5.15. The summed E-state index contributed by atoms with van der Waals surface area (Å²) in [5.41, 5.74) is 1.82. The van der Waals surface area contributed by atoms with Gasteiger partial charge in [-0.2, -0.15) is 0 Å². The van der Waals surface area contributed by atoms with Crippen molar-refractivity contribution in [1.82, 2.24) is 0 Å². The fraction of sp³-hybridized carbons (Fsp3) is 0.0588. The molecule has 3 rings (SSSR count). The summed E-state index contributed by atoms with van der Waals surface area (Å²) in [5, 5.41) is 11.0. The molecule has 0 atom stereocenters. The highest BCUT2D eigenvalue weighted by molar-refractivity contribution is 9.10. The number of carbonyl (C=O) groups is 1. The fourth-order valence-corrected chi connectivity index (χ4v) is 2.45. The molecule has 0 saturated carbocycles. The molecule has 1 aliphatic heterocycles. The minimum Gasteiger partial charge on any atom is -0.402 e. The van der Waals surface area contributed by atoms with Gasteiger partial charge in [0.1, 0.15) is 0 Å². The molecule has 7 heteroatoms. The summed E-state index contributed by atoms with van der Waals surface area (Å²) in [5.74, 6) is -0.525. The van der Waals surface area contributed by atoms with Crippen molar-refractivity contribution in [2.24, 2.45) is 4.99 Å². The predicted molar refractivity (Wildman–Crippen MR) is 92.6 cm³/mol. The first-order valence-electron chi connectivity index (χ1n) is 6.97. The van der Waals surface area contributed by atoms with Gasteiger partial charge in [-0.3, -0.25) is 10.1 Å². The Labute approximate surface area is 145 Å². The van der Waals surface area contributed by atoms with Gasteiger partial charge in [0.05, 0.1) is 4.92 Å². The first-order valence-corrected chi connectivity index (χ1v) is 7.77. The molecule has 0 N–H and O–H groups in total. The lowest BCUT2D eigenvalue weighted by Crippen LogP contribution is -2.06. The Hall–Kier alpha value is -2.80. The second-order valence-corrected chi connectivity index (χ2v) is 6.06. The van der Waals surface area contributed by atoms with Gasteiger partial charge >= 0.3 is 5.97 Å². The van der Waals surface area contributed by atoms with Crippen molar-refractivity contribution in [3.8, 4) is 0 Å². The van der Waals surface area contributed by atoms with E-state index in [1.165, 1.54) is 6.07 Å². The van der Waals surface area contributed by atoms with Gasteiger partial charge in [-0.1, -0.05) is 34.1 Å². The molecule has 0 unspecified atom stereocenters. The van der Waals surface area contributed by atoms with Crippen molar-refractivity contribution >= 4 is 39.6 Å². The van der Waals surface area contributed by atoms with Crippen LogP contribution in [-0.2, 0) is 9.53 Å². The van der Waals surface area contributed by atoms with E-state index in [4.69, 9.17) is 4.74 Å². The summed E-state index contributed by atoms with van der Waals surface area (Å²) in [6.45, 7) is 1.64. The van der Waals surface area contributed by atoms with E-state index >= 15 is 0 Å². The third-order valence-electron chi connectivity index (χ3n) is 3.45. The predicted octanol–water partition coefficient (Wildman–Crippen LogP) is 4.01. The number of aliphatic imine (C=N–C) groups is 1. The van der Waals surface area contributed by atoms with Crippen LogP contribution in [0.3, 0.4) is 0 Å². The number of carbonyl (C=O) groups excluding carboxylic acids is 1. The van der Waals surface area contributed by atoms with Crippen LogP contribution in [-0.4, -0.2) is 16.8 Å². The summed E-state index contributed by atoms with van der Waals surface area (Å²) >= 11 is 3.34. The van der Waals surface area contributed by atoms with Crippen molar-refractivity contribution in [1.29, 1.82) is 0 Å². The molecule has 0 bridgehead atoms. The molecule has 24 heavy (non-hydrogen) atoms. The van der Waals surface area contributed by atoms with Crippen molar-refractivity contribution < 1.29 is 14.5 Å². The maximum atomic E-state index is 12.0. The van der Waals surface area contributed by atoms with Crippen LogP contribution in [0.25, 0.3) is 6.08 Å². The maximum Gasteiger partial charge on any atom is 0.363 e. The number of ether oxygens (including phenoxy) is 1. The zero-order valence-corrected chi connectivity index (χ0v) is 14.1. The molecule has 0 aromatic heterocycles. The van der Waals surface area contributed by atoms with Crippen LogP contribution in [0.2, 0.25) is 0 Å². The van der Waals surface area contributed by atoms with Crippen molar-refractivity contribution in [3.63, 3.8) is 0 Å². The molecular formula is C17H11BrN2O4. The van der Waals surface area contributed by atoms with Gasteiger partial charge in [-0.05, 0) is 36.8 Å². The molecule has 0 spiro atoms. The molecular weight excluding hydrogens is 376 g/mol. The zero-order valence-electron chi connectivity index (χ0n) is 12.5. The quantitative estimate of drug-likeness (QED) is 0.345. The van der Waals surface area contributed by atoms with Crippen LogP contribution < -0.4 is 0 Å². The first-order chi connectivity index (χ1) is 11.4. The van der Waals surface area contributed by atoms with E-state index in [-0.39, 0.29) is 17.3 Å². The molecule has 120 valence electrons. The van der Waals surface area contributed by atoms with E-state index in [0.29, 0.717) is 11.1 Å². The molecule has 2 aromatic rings. The van der Waals surface area contributed by atoms with Gasteiger partial charge in [-0.15, -0.1) is 0 Å². The van der Waals surface area contributed by atoms with Crippen LogP contribution in [0.15, 0.2) is 57.6 Å². The average Bonchev–Trinajstić information content (AvgIpc) is 2.90. The lowest BCUT2D eigenvalue weighted by molar-refractivity contribution is -0.385. The number of nitro groups is 1. The number of cyclic esters (lactones) is 1. The minimum absolute atomic E-state index is 0.0448. The first kappa shape index (κ1) is 16.1. The molecule has 0 saturated heterocycles. The Morgan fingerprint density at radius 2 is 1.92 bits per heavy atom. The van der Waals surface area contributed by atoms with Gasteiger partial charge in [0.15, 0.2) is 5.70 Å². The smallest absolute Gasteiger partial charge is 0.363 e. The fourth-order valence-electron chi connectivity index (χ4n) is 2.19. The molecule has 2 aromatic carbocycles. The normalized spacial score (nSPS) is 15.3. The van der Waals surface area contributed by atoms with E-state index in [2.05, 4.69) is 20.9 Å². The van der Waals surface area contributed by atoms with Gasteiger partial charge in [0, 0.05) is 21.7 Å². The number of hydrogen-bond donors (Lipinski definition) is 0. The average molecular weight is 387 g/mol. The van der Waals surface area contributed by atoms with Crippen LogP contribution in [0.5, 0.6) is 0 Å². The van der Waals surface area contributed by atoms with E-state index < -0.39 is 10.9 Å². The van der Waals surface area contributed by atoms with Gasteiger partial charge < -0.3 is 4.74 Å². The van der Waals surface area contributed by atoms with Crippen LogP contribution in [0, 0.1) is 17.0 Å². The Morgan fingerprint density at radius 3 is 2.58 bits per heavy atom. The number of aryl methyl sites for hydroxylation is 1. The topological polar surface area (TPSA) is 81.8 Å². The van der Waals surface area contributed by atoms with Crippen molar-refractivity contribution in [3.05, 3.63) is 79.4 Å². The Morgan fingerprint density at radius 1 is 1.21 bits per heavy atom. The number of halogens is 1. The van der Waals surface area contributed by atoms with E-state index in [9.17, 15) is 14.9 Å². The highest BCUT2D eigenvalue weighted by Crippen LogP contribution is 2.24. The molecule has 1 aliphatic rings. The van der Waals surface area contributed by atoms with E-state index in [1.807, 2.05) is 24.3 Å². The summed E-state index contributed by atoms with van der Waals surface area (Å²) in [6.07, 6.45) is 1.60. The third kappa shape index (κ3) is 3.26. The number of benzene rings is 2. The van der Waals surface area contributed by atoms with Gasteiger partial charge in [-0.25, -0.2) is 9.79 Å². The largest absolute Gasteiger partial charge is 0.402 e. The SMILES string of the molecule is Cc1ccc(C2=N/C(=C\c3ccc(Br)cc3)C(=O)O2)cc1[N+](=O)[O-]. The molecule has 0 amide bonds. The maximum absolute atomic E-state index is 12.0. The van der Waals surface area contributed by atoms with Gasteiger partial charge in [0.25, 0.3) is 5.69 Å². The summed E-state index contributed by atoms with van der Waals surface area (Å²) in [7, 11) is 0. The van der Waals surface area contributed by atoms with E-state index in [1.54, 1.807) is 25.1 Å². The minimum atomic E-state index is -0.587. The summed E-state index contributed by atoms with van der Waals surface area (Å²) < 4.78 is 6.07. The van der Waals surface area contributed by atoms with Crippen LogP contribution in [0.1, 0.15) is 16.7 Å². The second kappa shape index (κ2) is 6.37. The molecule has 0 radical (unpaired) electrons. The molecule has 1 heterocycles. The number of nitro benzene ring substituents is 1.